The summed E-state index contributed by atoms with van der Waals surface area (Å²) >= 11 is 0. The van der Waals surface area contributed by atoms with E-state index in [0.29, 0.717) is 36.6 Å². The van der Waals surface area contributed by atoms with Crippen LogP contribution in [-0.2, 0) is 13.0 Å². The summed E-state index contributed by atoms with van der Waals surface area (Å²) in [6, 6.07) is 20.1. The molecule has 0 radical (unpaired) electrons. The Morgan fingerprint density at radius 1 is 1.13 bits per heavy atom. The molecule has 7 heteroatoms. The number of nitriles is 1. The van der Waals surface area contributed by atoms with Gasteiger partial charge in [0.05, 0.1) is 11.4 Å². The number of nitrogens with one attached hydrogen (secondary N) is 2. The number of rotatable bonds is 7. The number of aromatic nitrogens is 2. The molecule has 1 heterocycles. The number of aryl methyl sites for hydroxylation is 2. The number of nitrogen functional groups attached to an aromatic ring is 1. The number of anilines is 1. The second-order valence-electron chi connectivity index (χ2n) is 6.95. The molecule has 154 valence electrons. The van der Waals surface area contributed by atoms with E-state index in [0.717, 1.165) is 18.1 Å². The maximum absolute atomic E-state index is 9.51. The van der Waals surface area contributed by atoms with Crippen LogP contribution in [0.2, 0.25) is 0 Å². The molecule has 0 aliphatic rings. The lowest BCUT2D eigenvalue weighted by atomic mass is 10.1. The second-order valence-corrected chi connectivity index (χ2v) is 6.95. The van der Waals surface area contributed by atoms with Gasteiger partial charge in [0.1, 0.15) is 17.5 Å². The first-order valence-electron chi connectivity index (χ1n) is 9.96. The quantitative estimate of drug-likeness (QED) is 0.321. The number of aliphatic imine (C=N–C) groups is 1. The smallest absolute Gasteiger partial charge is 0.191 e. The Balaban J connectivity index is 1.55. The molecule has 0 aliphatic heterocycles. The molecular formula is C23H27N7. The zero-order valence-electron chi connectivity index (χ0n) is 17.4. The molecule has 2 aromatic carbocycles. The average Bonchev–Trinajstić information content (AvgIpc) is 3.10. The molecule has 0 spiro atoms. The van der Waals surface area contributed by atoms with Gasteiger partial charge in [0.25, 0.3) is 0 Å². The highest BCUT2D eigenvalue weighted by Gasteiger charge is 2.16. The molecular weight excluding hydrogens is 374 g/mol. The van der Waals surface area contributed by atoms with E-state index < -0.39 is 0 Å². The van der Waals surface area contributed by atoms with Crippen molar-refractivity contribution in [2.45, 2.75) is 26.3 Å². The lowest BCUT2D eigenvalue weighted by Crippen LogP contribution is -2.37. The van der Waals surface area contributed by atoms with Gasteiger partial charge >= 0.3 is 0 Å². The highest BCUT2D eigenvalue weighted by atomic mass is 15.3. The van der Waals surface area contributed by atoms with E-state index in [9.17, 15) is 5.26 Å². The summed E-state index contributed by atoms with van der Waals surface area (Å²) in [5.74, 6) is 1.12. The molecule has 30 heavy (non-hydrogen) atoms. The largest absolute Gasteiger partial charge is 0.382 e. The maximum Gasteiger partial charge on any atom is 0.191 e. The van der Waals surface area contributed by atoms with Gasteiger partial charge in [-0.3, -0.25) is 4.99 Å². The minimum absolute atomic E-state index is 0.377. The van der Waals surface area contributed by atoms with E-state index in [1.807, 2.05) is 42.5 Å². The lowest BCUT2D eigenvalue weighted by Gasteiger charge is -2.13. The molecule has 0 unspecified atom stereocenters. The Bertz CT molecular complexity index is 1050. The summed E-state index contributed by atoms with van der Waals surface area (Å²) in [5, 5.41) is 20.7. The average molecular weight is 402 g/mol. The van der Waals surface area contributed by atoms with Crippen LogP contribution in [0.25, 0.3) is 5.69 Å². The van der Waals surface area contributed by atoms with Crippen LogP contribution in [0.1, 0.15) is 28.8 Å². The third kappa shape index (κ3) is 4.97. The van der Waals surface area contributed by atoms with Crippen molar-refractivity contribution < 1.29 is 0 Å². The van der Waals surface area contributed by atoms with E-state index in [-0.39, 0.29) is 0 Å². The maximum atomic E-state index is 9.51. The first kappa shape index (κ1) is 20.9. The van der Waals surface area contributed by atoms with Gasteiger partial charge in [-0.2, -0.15) is 10.4 Å². The number of guanidine groups is 1. The van der Waals surface area contributed by atoms with Gasteiger partial charge in [0, 0.05) is 20.1 Å². The molecule has 0 saturated heterocycles. The van der Waals surface area contributed by atoms with Crippen LogP contribution in [0, 0.1) is 18.3 Å². The van der Waals surface area contributed by atoms with E-state index in [2.05, 4.69) is 45.9 Å². The SMILES string of the molecule is CN=C(NCCCc1nn(-c2ccccc2)c(N)c1C#N)NCc1ccccc1C. The van der Waals surface area contributed by atoms with Crippen molar-refractivity contribution in [3.05, 3.63) is 77.0 Å². The summed E-state index contributed by atoms with van der Waals surface area (Å²) in [4.78, 5) is 4.27. The molecule has 1 aromatic heterocycles. The van der Waals surface area contributed by atoms with Crippen LogP contribution in [0.3, 0.4) is 0 Å². The van der Waals surface area contributed by atoms with Crippen LogP contribution in [0.4, 0.5) is 5.82 Å². The fraction of sp³-hybridized carbons (Fsp3) is 0.261. The Morgan fingerprint density at radius 2 is 1.87 bits per heavy atom. The van der Waals surface area contributed by atoms with Crippen molar-refractivity contribution in [3.8, 4) is 11.8 Å². The Kier molecular flexibility index (Phi) is 7.06. The van der Waals surface area contributed by atoms with Gasteiger partial charge in [-0.25, -0.2) is 4.68 Å². The zero-order valence-corrected chi connectivity index (χ0v) is 17.4. The third-order valence-corrected chi connectivity index (χ3v) is 4.92. The monoisotopic (exact) mass is 401 g/mol. The summed E-state index contributed by atoms with van der Waals surface area (Å²) in [5.41, 5.74) is 10.6. The first-order valence-corrected chi connectivity index (χ1v) is 9.96. The van der Waals surface area contributed by atoms with Crippen molar-refractivity contribution in [2.75, 3.05) is 19.3 Å². The molecule has 3 aromatic rings. The van der Waals surface area contributed by atoms with Gasteiger partial charge in [-0.05, 0) is 43.0 Å². The Labute approximate surface area is 177 Å². The second kappa shape index (κ2) is 10.1. The number of hydrogen-bond acceptors (Lipinski definition) is 4. The fourth-order valence-electron chi connectivity index (χ4n) is 3.21. The summed E-state index contributed by atoms with van der Waals surface area (Å²) in [7, 11) is 1.75. The molecule has 0 amide bonds. The predicted molar refractivity (Wildman–Crippen MR) is 120 cm³/mol. The summed E-state index contributed by atoms with van der Waals surface area (Å²) in [6.07, 6.45) is 1.44. The van der Waals surface area contributed by atoms with Crippen LogP contribution < -0.4 is 16.4 Å². The lowest BCUT2D eigenvalue weighted by molar-refractivity contribution is 0.721. The van der Waals surface area contributed by atoms with Crippen molar-refractivity contribution in [2.24, 2.45) is 4.99 Å². The topological polar surface area (TPSA) is 104 Å². The van der Waals surface area contributed by atoms with Crippen molar-refractivity contribution in [1.82, 2.24) is 20.4 Å². The first-order chi connectivity index (χ1) is 14.6. The highest BCUT2D eigenvalue weighted by Crippen LogP contribution is 2.21. The number of para-hydroxylation sites is 1. The van der Waals surface area contributed by atoms with Gasteiger partial charge in [-0.15, -0.1) is 0 Å². The Hall–Kier alpha value is -3.79. The van der Waals surface area contributed by atoms with Crippen LogP contribution in [-0.4, -0.2) is 29.3 Å². The minimum Gasteiger partial charge on any atom is -0.382 e. The van der Waals surface area contributed by atoms with Crippen LogP contribution in [0.15, 0.2) is 59.6 Å². The van der Waals surface area contributed by atoms with E-state index in [1.165, 1.54) is 11.1 Å². The number of hydrogen-bond donors (Lipinski definition) is 3. The third-order valence-electron chi connectivity index (χ3n) is 4.92. The molecule has 0 fully saturated rings. The predicted octanol–water partition coefficient (Wildman–Crippen LogP) is 2.93. The minimum atomic E-state index is 0.377. The van der Waals surface area contributed by atoms with Gasteiger partial charge in [0.2, 0.25) is 0 Å². The standard InChI is InChI=1S/C23H27N7/c1-17-9-6-7-10-18(17)16-28-23(26-2)27-14-8-13-21-20(15-24)22(25)30(29-21)19-11-4-3-5-12-19/h3-7,9-12H,8,13-14,16,25H2,1-2H3,(H2,26,27,28). The molecule has 0 saturated carbocycles. The Morgan fingerprint density at radius 3 is 2.57 bits per heavy atom. The summed E-state index contributed by atoms with van der Waals surface area (Å²) in [6.45, 7) is 3.51. The number of benzene rings is 2. The van der Waals surface area contributed by atoms with Crippen molar-refractivity contribution in [1.29, 1.82) is 5.26 Å². The number of nitrogens with two attached hydrogens (primary N) is 1. The van der Waals surface area contributed by atoms with Crippen molar-refractivity contribution in [3.63, 3.8) is 0 Å². The van der Waals surface area contributed by atoms with Crippen LogP contribution >= 0.6 is 0 Å². The van der Waals surface area contributed by atoms with Crippen molar-refractivity contribution >= 4 is 11.8 Å². The molecule has 0 atom stereocenters. The normalized spacial score (nSPS) is 11.2. The zero-order chi connectivity index (χ0) is 21.3. The van der Waals surface area contributed by atoms with E-state index >= 15 is 0 Å². The molecule has 3 rings (SSSR count). The fourth-order valence-corrected chi connectivity index (χ4v) is 3.21. The highest BCUT2D eigenvalue weighted by molar-refractivity contribution is 5.79. The summed E-state index contributed by atoms with van der Waals surface area (Å²) < 4.78 is 1.63. The number of nitrogens with zero attached hydrogens (tertiary/aromatic N) is 4. The van der Waals surface area contributed by atoms with Crippen LogP contribution in [0.5, 0.6) is 0 Å². The van der Waals surface area contributed by atoms with Gasteiger partial charge in [0.15, 0.2) is 5.96 Å². The van der Waals surface area contributed by atoms with Gasteiger partial charge < -0.3 is 16.4 Å². The molecule has 0 aliphatic carbocycles. The molecule has 7 nitrogen and oxygen atoms in total. The van der Waals surface area contributed by atoms with Gasteiger partial charge in [-0.1, -0.05) is 42.5 Å². The van der Waals surface area contributed by atoms with E-state index in [4.69, 9.17) is 5.73 Å². The molecule has 0 bridgehead atoms. The molecule has 4 N–H and O–H groups in total. The van der Waals surface area contributed by atoms with E-state index in [1.54, 1.807) is 11.7 Å².